The standard InChI is InChI=1S/C15H22N2O/c1-2-14(9-11-6-7-11)17-10-12-4-3-5-13(8-12)15(16)18/h3-5,8,11,14,17H,2,6-7,9-10H2,1H3,(H2,16,18). The minimum Gasteiger partial charge on any atom is -0.366 e. The van der Waals surface area contributed by atoms with Crippen LogP contribution in [0.5, 0.6) is 0 Å². The third-order valence-corrected chi connectivity index (χ3v) is 3.61. The monoisotopic (exact) mass is 246 g/mol. The summed E-state index contributed by atoms with van der Waals surface area (Å²) in [5, 5.41) is 3.57. The molecule has 1 aliphatic rings. The molecule has 18 heavy (non-hydrogen) atoms. The average Bonchev–Trinajstić information content (AvgIpc) is 3.18. The summed E-state index contributed by atoms with van der Waals surface area (Å²) in [6.07, 6.45) is 5.24. The van der Waals surface area contributed by atoms with Gasteiger partial charge in [0.15, 0.2) is 0 Å². The first kappa shape index (κ1) is 13.1. The summed E-state index contributed by atoms with van der Waals surface area (Å²) in [5.74, 6) is 0.585. The van der Waals surface area contributed by atoms with Crippen LogP contribution in [0, 0.1) is 5.92 Å². The lowest BCUT2D eigenvalue weighted by Gasteiger charge is -2.16. The molecule has 0 spiro atoms. The molecule has 3 heteroatoms. The van der Waals surface area contributed by atoms with Crippen LogP contribution >= 0.6 is 0 Å². The number of carbonyl (C=O) groups excluding carboxylic acids is 1. The van der Waals surface area contributed by atoms with Crippen molar-refractivity contribution in [2.75, 3.05) is 0 Å². The minimum atomic E-state index is -0.359. The average molecular weight is 246 g/mol. The molecule has 3 N–H and O–H groups in total. The Balaban J connectivity index is 1.87. The summed E-state index contributed by atoms with van der Waals surface area (Å²) in [4.78, 5) is 11.1. The van der Waals surface area contributed by atoms with E-state index in [0.717, 1.165) is 24.4 Å². The summed E-state index contributed by atoms with van der Waals surface area (Å²) in [6.45, 7) is 3.03. The molecule has 0 bridgehead atoms. The number of nitrogens with one attached hydrogen (secondary N) is 1. The van der Waals surface area contributed by atoms with Crippen molar-refractivity contribution in [3.8, 4) is 0 Å². The maximum absolute atomic E-state index is 11.1. The molecule has 0 saturated heterocycles. The van der Waals surface area contributed by atoms with Crippen molar-refractivity contribution in [1.29, 1.82) is 0 Å². The normalized spacial score (nSPS) is 16.5. The third-order valence-electron chi connectivity index (χ3n) is 3.61. The quantitative estimate of drug-likeness (QED) is 0.776. The number of hydrogen-bond acceptors (Lipinski definition) is 2. The van der Waals surface area contributed by atoms with E-state index < -0.39 is 0 Å². The molecular weight excluding hydrogens is 224 g/mol. The number of hydrogen-bond donors (Lipinski definition) is 2. The van der Waals surface area contributed by atoms with Gasteiger partial charge >= 0.3 is 0 Å². The first-order valence-electron chi connectivity index (χ1n) is 6.81. The van der Waals surface area contributed by atoms with Gasteiger partial charge in [-0.2, -0.15) is 0 Å². The molecule has 0 heterocycles. The zero-order valence-electron chi connectivity index (χ0n) is 11.0. The molecule has 3 nitrogen and oxygen atoms in total. The Morgan fingerprint density at radius 3 is 2.89 bits per heavy atom. The Hall–Kier alpha value is -1.35. The van der Waals surface area contributed by atoms with Gasteiger partial charge in [0.05, 0.1) is 0 Å². The van der Waals surface area contributed by atoms with Crippen molar-refractivity contribution in [2.24, 2.45) is 11.7 Å². The second-order valence-electron chi connectivity index (χ2n) is 5.23. The van der Waals surface area contributed by atoms with Crippen molar-refractivity contribution in [3.05, 3.63) is 35.4 Å². The maximum atomic E-state index is 11.1. The van der Waals surface area contributed by atoms with Gasteiger partial charge in [0.25, 0.3) is 0 Å². The number of amides is 1. The van der Waals surface area contributed by atoms with Crippen molar-refractivity contribution in [2.45, 2.75) is 45.2 Å². The number of carbonyl (C=O) groups is 1. The Morgan fingerprint density at radius 2 is 2.28 bits per heavy atom. The van der Waals surface area contributed by atoms with Gasteiger partial charge in [0, 0.05) is 18.2 Å². The van der Waals surface area contributed by atoms with E-state index in [4.69, 9.17) is 5.73 Å². The Labute approximate surface area is 109 Å². The second kappa shape index (κ2) is 6.01. The smallest absolute Gasteiger partial charge is 0.248 e. The lowest BCUT2D eigenvalue weighted by atomic mass is 10.1. The van der Waals surface area contributed by atoms with E-state index in [1.807, 2.05) is 18.2 Å². The fraction of sp³-hybridized carbons (Fsp3) is 0.533. The molecule has 1 unspecified atom stereocenters. The van der Waals surface area contributed by atoms with Gasteiger partial charge in [-0.25, -0.2) is 0 Å². The van der Waals surface area contributed by atoms with Gasteiger partial charge < -0.3 is 11.1 Å². The van der Waals surface area contributed by atoms with Crippen LogP contribution in [0.1, 0.15) is 48.5 Å². The highest BCUT2D eigenvalue weighted by Crippen LogP contribution is 2.34. The van der Waals surface area contributed by atoms with Gasteiger partial charge in [0.1, 0.15) is 0 Å². The molecule has 1 aromatic carbocycles. The zero-order chi connectivity index (χ0) is 13.0. The fourth-order valence-corrected chi connectivity index (χ4v) is 2.25. The maximum Gasteiger partial charge on any atom is 0.248 e. The van der Waals surface area contributed by atoms with Gasteiger partial charge in [-0.1, -0.05) is 31.9 Å². The van der Waals surface area contributed by atoms with Gasteiger partial charge in [0.2, 0.25) is 5.91 Å². The van der Waals surface area contributed by atoms with Crippen molar-refractivity contribution in [1.82, 2.24) is 5.32 Å². The molecule has 2 rings (SSSR count). The lowest BCUT2D eigenvalue weighted by molar-refractivity contribution is 0.1000. The molecule has 1 aliphatic carbocycles. The van der Waals surface area contributed by atoms with E-state index in [0.29, 0.717) is 11.6 Å². The van der Waals surface area contributed by atoms with Crippen molar-refractivity contribution >= 4 is 5.91 Å². The van der Waals surface area contributed by atoms with E-state index in [2.05, 4.69) is 12.2 Å². The molecule has 1 amide bonds. The van der Waals surface area contributed by atoms with Gasteiger partial charge in [-0.15, -0.1) is 0 Å². The molecule has 98 valence electrons. The molecule has 0 aliphatic heterocycles. The summed E-state index contributed by atoms with van der Waals surface area (Å²) in [5.41, 5.74) is 6.99. The number of rotatable bonds is 7. The van der Waals surface area contributed by atoms with Gasteiger partial charge in [-0.3, -0.25) is 4.79 Å². The summed E-state index contributed by atoms with van der Waals surface area (Å²) in [7, 11) is 0. The van der Waals surface area contributed by atoms with E-state index in [-0.39, 0.29) is 5.91 Å². The SMILES string of the molecule is CCC(CC1CC1)NCc1cccc(C(N)=O)c1. The second-order valence-corrected chi connectivity index (χ2v) is 5.23. The van der Waals surface area contributed by atoms with Crippen LogP contribution in [-0.4, -0.2) is 11.9 Å². The molecule has 1 atom stereocenters. The number of benzene rings is 1. The highest BCUT2D eigenvalue weighted by molar-refractivity contribution is 5.92. The van der Waals surface area contributed by atoms with Gasteiger partial charge in [-0.05, 0) is 36.5 Å². The Morgan fingerprint density at radius 1 is 1.50 bits per heavy atom. The highest BCUT2D eigenvalue weighted by Gasteiger charge is 2.24. The van der Waals surface area contributed by atoms with Crippen molar-refractivity contribution < 1.29 is 4.79 Å². The molecule has 1 saturated carbocycles. The van der Waals surface area contributed by atoms with E-state index >= 15 is 0 Å². The largest absolute Gasteiger partial charge is 0.366 e. The van der Waals surface area contributed by atoms with Crippen LogP contribution in [0.2, 0.25) is 0 Å². The summed E-state index contributed by atoms with van der Waals surface area (Å²) >= 11 is 0. The summed E-state index contributed by atoms with van der Waals surface area (Å²) in [6, 6.07) is 8.14. The van der Waals surface area contributed by atoms with E-state index in [1.165, 1.54) is 19.3 Å². The molecule has 1 fully saturated rings. The molecule has 0 aromatic heterocycles. The number of nitrogens with two attached hydrogens (primary N) is 1. The first-order chi connectivity index (χ1) is 8.69. The fourth-order valence-electron chi connectivity index (χ4n) is 2.25. The van der Waals surface area contributed by atoms with Crippen LogP contribution in [0.15, 0.2) is 24.3 Å². The lowest BCUT2D eigenvalue weighted by Crippen LogP contribution is -2.28. The zero-order valence-corrected chi connectivity index (χ0v) is 11.0. The predicted octanol–water partition coefficient (Wildman–Crippen LogP) is 2.45. The minimum absolute atomic E-state index is 0.359. The van der Waals surface area contributed by atoms with E-state index in [9.17, 15) is 4.79 Å². The number of primary amides is 1. The van der Waals surface area contributed by atoms with Crippen LogP contribution in [0.3, 0.4) is 0 Å². The molecule has 0 radical (unpaired) electrons. The summed E-state index contributed by atoms with van der Waals surface area (Å²) < 4.78 is 0. The van der Waals surface area contributed by atoms with Crippen LogP contribution < -0.4 is 11.1 Å². The van der Waals surface area contributed by atoms with Crippen molar-refractivity contribution in [3.63, 3.8) is 0 Å². The van der Waals surface area contributed by atoms with E-state index in [1.54, 1.807) is 6.07 Å². The first-order valence-corrected chi connectivity index (χ1v) is 6.81. The highest BCUT2D eigenvalue weighted by atomic mass is 16.1. The third kappa shape index (κ3) is 3.84. The molecule has 1 aromatic rings. The topological polar surface area (TPSA) is 55.1 Å². The van der Waals surface area contributed by atoms with Crippen LogP contribution in [0.4, 0.5) is 0 Å². The Kier molecular flexibility index (Phi) is 4.37. The Bertz CT molecular complexity index is 413. The molecular formula is C15H22N2O. The predicted molar refractivity (Wildman–Crippen MR) is 73.2 cm³/mol. The van der Waals surface area contributed by atoms with Crippen LogP contribution in [0.25, 0.3) is 0 Å². The van der Waals surface area contributed by atoms with Crippen LogP contribution in [-0.2, 0) is 6.54 Å².